The highest BCUT2D eigenvalue weighted by molar-refractivity contribution is 7.45. The Bertz CT molecular complexity index is 1030. The summed E-state index contributed by atoms with van der Waals surface area (Å²) in [5.41, 5.74) is 0. The van der Waals surface area contributed by atoms with E-state index >= 15 is 0 Å². The number of nitrogens with one attached hydrogen (secondary N) is 1. The van der Waals surface area contributed by atoms with Crippen molar-refractivity contribution >= 4 is 13.7 Å². The SMILES string of the molecule is CCCC/C=C\C/C=C\CCCCCCCC(=O)NC(COP(=O)([O-])OCC[N+](C)(C)C)C(O)/C=C/CC/C=C/CC/C=C/CCCCCCCC. The predicted molar refractivity (Wildman–Crippen MR) is 219 cm³/mol. The Morgan fingerprint density at radius 1 is 0.673 bits per heavy atom. The van der Waals surface area contributed by atoms with E-state index in [4.69, 9.17) is 9.05 Å². The van der Waals surface area contributed by atoms with Crippen molar-refractivity contribution in [2.75, 3.05) is 40.9 Å². The highest BCUT2D eigenvalue weighted by Gasteiger charge is 2.23. The number of allylic oxidation sites excluding steroid dienone is 9. The van der Waals surface area contributed by atoms with E-state index in [1.807, 2.05) is 27.2 Å². The van der Waals surface area contributed by atoms with Crippen LogP contribution in [0, 0.1) is 0 Å². The lowest BCUT2D eigenvalue weighted by atomic mass is 10.1. The molecule has 52 heavy (non-hydrogen) atoms. The average molecular weight is 751 g/mol. The first kappa shape index (κ1) is 50.2. The van der Waals surface area contributed by atoms with Gasteiger partial charge in [0.2, 0.25) is 5.91 Å². The van der Waals surface area contributed by atoms with Crippen LogP contribution in [0.2, 0.25) is 0 Å². The molecule has 0 saturated heterocycles. The standard InChI is InChI=1S/C43H79N2O6P/c1-6-8-10-12-14-16-18-20-22-23-24-26-28-30-32-34-36-42(46)41(40-51-52(48,49)50-39-38-45(3,4)5)44-43(47)37-35-33-31-29-27-25-21-19-17-15-13-11-9-7-2/h13,15,19-22,26,28,34,36,41-42,46H,6-12,14,16-18,23-25,27,29-33,35,37-40H2,1-5H3,(H-,44,47,48,49)/b15-13-,21-19-,22-20+,28-26+,36-34+. The molecule has 9 heteroatoms. The topological polar surface area (TPSA) is 108 Å². The first-order chi connectivity index (χ1) is 25.0. The van der Waals surface area contributed by atoms with Crippen LogP contribution in [-0.2, 0) is 18.4 Å². The van der Waals surface area contributed by atoms with E-state index in [2.05, 4.69) is 67.8 Å². The first-order valence-corrected chi connectivity index (χ1v) is 22.1. The number of nitrogens with zero attached hydrogens (tertiary/aromatic N) is 1. The molecule has 0 aliphatic heterocycles. The summed E-state index contributed by atoms with van der Waals surface area (Å²) in [6.45, 7) is 4.52. The minimum absolute atomic E-state index is 0.0144. The lowest BCUT2D eigenvalue weighted by molar-refractivity contribution is -0.870. The van der Waals surface area contributed by atoms with Gasteiger partial charge in [-0.15, -0.1) is 0 Å². The average Bonchev–Trinajstić information content (AvgIpc) is 3.09. The molecule has 0 radical (unpaired) electrons. The molecule has 2 N–H and O–H groups in total. The molecule has 0 spiro atoms. The van der Waals surface area contributed by atoms with E-state index in [9.17, 15) is 19.4 Å². The highest BCUT2D eigenvalue weighted by Crippen LogP contribution is 2.38. The summed E-state index contributed by atoms with van der Waals surface area (Å²) >= 11 is 0. The smallest absolute Gasteiger partial charge is 0.268 e. The van der Waals surface area contributed by atoms with Crippen LogP contribution >= 0.6 is 7.82 Å². The van der Waals surface area contributed by atoms with Crippen molar-refractivity contribution in [1.29, 1.82) is 0 Å². The van der Waals surface area contributed by atoms with Crippen molar-refractivity contribution in [2.45, 2.75) is 167 Å². The number of likely N-dealkylation sites (N-methyl/N-ethyl adjacent to an activating group) is 1. The number of aliphatic hydroxyl groups excluding tert-OH is 1. The molecule has 0 rings (SSSR count). The number of phosphoric acid groups is 1. The van der Waals surface area contributed by atoms with Gasteiger partial charge in [0.1, 0.15) is 13.2 Å². The van der Waals surface area contributed by atoms with Gasteiger partial charge in [0.25, 0.3) is 7.82 Å². The van der Waals surface area contributed by atoms with Gasteiger partial charge in [0.15, 0.2) is 0 Å². The summed E-state index contributed by atoms with van der Waals surface area (Å²) in [6.07, 6.45) is 44.0. The molecule has 3 atom stereocenters. The minimum atomic E-state index is -4.60. The van der Waals surface area contributed by atoms with Crippen LogP contribution in [0.4, 0.5) is 0 Å². The Kier molecular flexibility index (Phi) is 33.7. The summed E-state index contributed by atoms with van der Waals surface area (Å²) in [6, 6.07) is -0.917. The van der Waals surface area contributed by atoms with Gasteiger partial charge in [-0.1, -0.05) is 139 Å². The third kappa shape index (κ3) is 36.6. The normalized spacial score (nSPS) is 15.1. The number of quaternary nitrogens is 1. The Balaban J connectivity index is 4.61. The number of aliphatic hydroxyl groups is 1. The molecule has 3 unspecified atom stereocenters. The van der Waals surface area contributed by atoms with Crippen LogP contribution in [-0.4, -0.2) is 68.5 Å². The van der Waals surface area contributed by atoms with Gasteiger partial charge in [-0.2, -0.15) is 0 Å². The Labute approximate surface area is 320 Å². The van der Waals surface area contributed by atoms with Gasteiger partial charge < -0.3 is 28.8 Å². The van der Waals surface area contributed by atoms with E-state index < -0.39 is 26.6 Å². The second-order valence-corrected chi connectivity index (χ2v) is 16.4. The first-order valence-electron chi connectivity index (χ1n) is 20.7. The van der Waals surface area contributed by atoms with E-state index in [-0.39, 0.29) is 12.5 Å². The van der Waals surface area contributed by atoms with Crippen LogP contribution in [0.1, 0.15) is 155 Å². The van der Waals surface area contributed by atoms with E-state index in [0.29, 0.717) is 17.4 Å². The lowest BCUT2D eigenvalue weighted by Gasteiger charge is -2.29. The number of hydrogen-bond acceptors (Lipinski definition) is 6. The van der Waals surface area contributed by atoms with Gasteiger partial charge >= 0.3 is 0 Å². The fraction of sp³-hybridized carbons (Fsp3) is 0.744. The minimum Gasteiger partial charge on any atom is -0.756 e. The van der Waals surface area contributed by atoms with Gasteiger partial charge in [-0.3, -0.25) is 9.36 Å². The van der Waals surface area contributed by atoms with Crippen LogP contribution in [0.3, 0.4) is 0 Å². The third-order valence-corrected chi connectivity index (χ3v) is 9.64. The fourth-order valence-corrected chi connectivity index (χ4v) is 6.04. The largest absolute Gasteiger partial charge is 0.756 e. The van der Waals surface area contributed by atoms with E-state index in [1.54, 1.807) is 6.08 Å². The highest BCUT2D eigenvalue weighted by atomic mass is 31.2. The second-order valence-electron chi connectivity index (χ2n) is 15.0. The molecule has 0 saturated carbocycles. The summed E-state index contributed by atoms with van der Waals surface area (Å²) in [5, 5.41) is 13.7. The molecule has 0 aromatic rings. The maximum Gasteiger partial charge on any atom is 0.268 e. The van der Waals surface area contributed by atoms with E-state index in [1.165, 1.54) is 64.2 Å². The summed E-state index contributed by atoms with van der Waals surface area (Å²) < 4.78 is 23.1. The number of unbranched alkanes of at least 4 members (excludes halogenated alkanes) is 15. The van der Waals surface area contributed by atoms with Gasteiger partial charge in [-0.05, 0) is 70.6 Å². The Hall–Kier alpha value is -1.80. The molecule has 8 nitrogen and oxygen atoms in total. The summed E-state index contributed by atoms with van der Waals surface area (Å²) in [5.74, 6) is -0.230. The Morgan fingerprint density at radius 2 is 1.15 bits per heavy atom. The van der Waals surface area contributed by atoms with Crippen molar-refractivity contribution < 1.29 is 32.9 Å². The van der Waals surface area contributed by atoms with Crippen LogP contribution in [0.5, 0.6) is 0 Å². The molecule has 0 fully saturated rings. The number of amides is 1. The molecular formula is C43H79N2O6P. The summed E-state index contributed by atoms with van der Waals surface area (Å²) in [4.78, 5) is 25.2. The van der Waals surface area contributed by atoms with Gasteiger partial charge in [-0.25, -0.2) is 0 Å². The molecule has 0 aliphatic rings. The van der Waals surface area contributed by atoms with Crippen molar-refractivity contribution in [2.24, 2.45) is 0 Å². The van der Waals surface area contributed by atoms with Gasteiger partial charge in [0.05, 0.1) is 39.9 Å². The van der Waals surface area contributed by atoms with Gasteiger partial charge in [0, 0.05) is 6.42 Å². The van der Waals surface area contributed by atoms with Crippen molar-refractivity contribution in [3.63, 3.8) is 0 Å². The molecule has 1 amide bonds. The number of rotatable bonds is 36. The van der Waals surface area contributed by atoms with Crippen molar-refractivity contribution in [1.82, 2.24) is 5.32 Å². The summed E-state index contributed by atoms with van der Waals surface area (Å²) in [7, 11) is 1.21. The zero-order valence-electron chi connectivity index (χ0n) is 34.0. The molecule has 0 aromatic heterocycles. The third-order valence-electron chi connectivity index (χ3n) is 8.68. The van der Waals surface area contributed by atoms with Crippen LogP contribution < -0.4 is 10.2 Å². The fourth-order valence-electron chi connectivity index (χ4n) is 5.32. The Morgan fingerprint density at radius 3 is 1.73 bits per heavy atom. The molecule has 0 aliphatic carbocycles. The number of carbonyl (C=O) groups excluding carboxylic acids is 1. The quantitative estimate of drug-likeness (QED) is 0.0286. The molecular weight excluding hydrogens is 671 g/mol. The number of carbonyl (C=O) groups is 1. The van der Waals surface area contributed by atoms with Crippen LogP contribution in [0.25, 0.3) is 0 Å². The molecule has 0 heterocycles. The predicted octanol–water partition coefficient (Wildman–Crippen LogP) is 10.4. The molecule has 302 valence electrons. The molecule has 0 bridgehead atoms. The van der Waals surface area contributed by atoms with Crippen molar-refractivity contribution in [3.8, 4) is 0 Å². The monoisotopic (exact) mass is 751 g/mol. The zero-order valence-corrected chi connectivity index (χ0v) is 34.9. The second kappa shape index (κ2) is 34.9. The number of hydrogen-bond donors (Lipinski definition) is 2. The van der Waals surface area contributed by atoms with Crippen LogP contribution in [0.15, 0.2) is 60.8 Å². The maximum atomic E-state index is 12.8. The van der Waals surface area contributed by atoms with E-state index in [0.717, 1.165) is 70.6 Å². The molecule has 0 aromatic carbocycles. The number of phosphoric ester groups is 1. The lowest BCUT2D eigenvalue weighted by Crippen LogP contribution is -2.45. The van der Waals surface area contributed by atoms with Crippen molar-refractivity contribution in [3.05, 3.63) is 60.8 Å². The zero-order chi connectivity index (χ0) is 38.6. The maximum absolute atomic E-state index is 12.8.